The lowest BCUT2D eigenvalue weighted by atomic mass is 10.1. The van der Waals surface area contributed by atoms with Crippen LogP contribution in [0.4, 0.5) is 0 Å². The lowest BCUT2D eigenvalue weighted by Gasteiger charge is -2.15. The van der Waals surface area contributed by atoms with Crippen molar-refractivity contribution in [3.05, 3.63) is 0 Å². The van der Waals surface area contributed by atoms with Gasteiger partial charge in [-0.25, -0.2) is 0 Å². The van der Waals surface area contributed by atoms with Crippen LogP contribution in [-0.2, 0) is 4.79 Å². The number of amides is 1. The summed E-state index contributed by atoms with van der Waals surface area (Å²) in [6.07, 6.45) is 4.88. The van der Waals surface area contributed by atoms with E-state index >= 15 is 0 Å². The molecule has 1 heterocycles. The Morgan fingerprint density at radius 2 is 2.07 bits per heavy atom. The summed E-state index contributed by atoms with van der Waals surface area (Å²) < 4.78 is 0. The maximum Gasteiger partial charge on any atom is 0.237 e. The van der Waals surface area contributed by atoms with Gasteiger partial charge in [-0.3, -0.25) is 4.79 Å². The minimum atomic E-state index is -0.352. The normalized spacial score (nSPS) is 33.5. The molecule has 1 aliphatic carbocycles. The second-order valence-electron chi connectivity index (χ2n) is 4.34. The lowest BCUT2D eigenvalue weighted by Crippen LogP contribution is -2.44. The third-order valence-electron chi connectivity index (χ3n) is 3.13. The van der Waals surface area contributed by atoms with Crippen molar-refractivity contribution in [2.24, 2.45) is 0 Å². The second kappa shape index (κ2) is 4.28. The Morgan fingerprint density at radius 1 is 1.36 bits per heavy atom. The molecule has 4 nitrogen and oxygen atoms in total. The van der Waals surface area contributed by atoms with Gasteiger partial charge in [-0.1, -0.05) is 12.8 Å². The molecule has 4 heteroatoms. The van der Waals surface area contributed by atoms with E-state index in [0.29, 0.717) is 19.0 Å². The molecule has 0 aromatic carbocycles. The molecule has 0 spiro atoms. The monoisotopic (exact) mass is 198 g/mol. The van der Waals surface area contributed by atoms with Gasteiger partial charge in [0.05, 0.1) is 12.1 Å². The molecule has 1 aliphatic heterocycles. The highest BCUT2D eigenvalue weighted by Gasteiger charge is 2.29. The van der Waals surface area contributed by atoms with Gasteiger partial charge in [0.2, 0.25) is 5.91 Å². The molecule has 2 aliphatic rings. The number of carbonyl (C=O) groups is 1. The predicted molar refractivity (Wildman–Crippen MR) is 52.8 cm³/mol. The third kappa shape index (κ3) is 2.25. The number of carbonyl (C=O) groups excluding carboxylic acids is 1. The summed E-state index contributed by atoms with van der Waals surface area (Å²) in [4.78, 5) is 11.7. The average molecular weight is 198 g/mol. The Balaban J connectivity index is 1.77. The lowest BCUT2D eigenvalue weighted by molar-refractivity contribution is -0.123. The maximum absolute atomic E-state index is 11.7. The first-order valence-corrected chi connectivity index (χ1v) is 5.47. The van der Waals surface area contributed by atoms with Gasteiger partial charge in [-0.05, 0) is 19.3 Å². The van der Waals surface area contributed by atoms with Crippen molar-refractivity contribution < 1.29 is 9.90 Å². The summed E-state index contributed by atoms with van der Waals surface area (Å²) >= 11 is 0. The summed E-state index contributed by atoms with van der Waals surface area (Å²) in [6.45, 7) is 0.544. The number of aliphatic hydroxyl groups excluding tert-OH is 1. The average Bonchev–Trinajstić information content (AvgIpc) is 2.75. The third-order valence-corrected chi connectivity index (χ3v) is 3.13. The van der Waals surface area contributed by atoms with Crippen molar-refractivity contribution in [1.29, 1.82) is 0 Å². The molecule has 1 saturated heterocycles. The largest absolute Gasteiger partial charge is 0.392 e. The van der Waals surface area contributed by atoms with Crippen LogP contribution in [0.3, 0.4) is 0 Å². The molecular formula is C10H18N2O2. The Bertz CT molecular complexity index is 214. The number of nitrogens with one attached hydrogen (secondary N) is 2. The van der Waals surface area contributed by atoms with E-state index in [9.17, 15) is 9.90 Å². The van der Waals surface area contributed by atoms with E-state index in [0.717, 1.165) is 12.8 Å². The molecule has 2 atom stereocenters. The van der Waals surface area contributed by atoms with Crippen molar-refractivity contribution in [3.63, 3.8) is 0 Å². The van der Waals surface area contributed by atoms with Gasteiger partial charge in [0, 0.05) is 12.6 Å². The molecule has 2 rings (SSSR count). The van der Waals surface area contributed by atoms with Crippen molar-refractivity contribution in [2.45, 2.75) is 50.3 Å². The van der Waals surface area contributed by atoms with Gasteiger partial charge in [-0.2, -0.15) is 0 Å². The first kappa shape index (κ1) is 9.93. The predicted octanol–water partition coefficient (Wildman–Crippen LogP) is -0.232. The van der Waals surface area contributed by atoms with E-state index in [2.05, 4.69) is 10.6 Å². The topological polar surface area (TPSA) is 61.4 Å². The van der Waals surface area contributed by atoms with Crippen LogP contribution in [0.15, 0.2) is 0 Å². The number of rotatable bonds is 2. The first-order valence-electron chi connectivity index (χ1n) is 5.47. The Labute approximate surface area is 84.1 Å². The highest BCUT2D eigenvalue weighted by atomic mass is 16.3. The maximum atomic E-state index is 11.7. The van der Waals surface area contributed by atoms with Crippen LogP contribution in [-0.4, -0.2) is 35.7 Å². The summed E-state index contributed by atoms with van der Waals surface area (Å²) in [5.41, 5.74) is 0. The summed E-state index contributed by atoms with van der Waals surface area (Å²) in [7, 11) is 0. The quantitative estimate of drug-likeness (QED) is 0.574. The molecule has 0 aromatic rings. The fourth-order valence-corrected chi connectivity index (χ4v) is 2.29. The van der Waals surface area contributed by atoms with Gasteiger partial charge >= 0.3 is 0 Å². The Hall–Kier alpha value is -0.610. The number of hydrogen-bond donors (Lipinski definition) is 3. The molecule has 3 N–H and O–H groups in total. The van der Waals surface area contributed by atoms with Crippen molar-refractivity contribution in [1.82, 2.24) is 10.6 Å². The summed E-state index contributed by atoms with van der Waals surface area (Å²) in [5.74, 6) is 0.0634. The summed E-state index contributed by atoms with van der Waals surface area (Å²) in [6, 6.07) is 0.202. The second-order valence-corrected chi connectivity index (χ2v) is 4.34. The van der Waals surface area contributed by atoms with Gasteiger partial charge in [0.15, 0.2) is 0 Å². The van der Waals surface area contributed by atoms with Gasteiger partial charge in [-0.15, -0.1) is 0 Å². The molecule has 0 radical (unpaired) electrons. The molecule has 1 saturated carbocycles. The Kier molecular flexibility index (Phi) is 3.03. The van der Waals surface area contributed by atoms with E-state index in [1.165, 1.54) is 12.8 Å². The molecular weight excluding hydrogens is 180 g/mol. The zero-order chi connectivity index (χ0) is 9.97. The molecule has 2 fully saturated rings. The molecule has 2 unspecified atom stereocenters. The highest BCUT2D eigenvalue weighted by Crippen LogP contribution is 2.18. The van der Waals surface area contributed by atoms with Crippen LogP contribution >= 0.6 is 0 Å². The Morgan fingerprint density at radius 3 is 2.64 bits per heavy atom. The fourth-order valence-electron chi connectivity index (χ4n) is 2.29. The summed E-state index contributed by atoms with van der Waals surface area (Å²) in [5, 5.41) is 15.3. The molecule has 0 bridgehead atoms. The molecule has 0 aromatic heterocycles. The number of hydrogen-bond acceptors (Lipinski definition) is 3. The zero-order valence-electron chi connectivity index (χ0n) is 8.33. The van der Waals surface area contributed by atoms with Crippen molar-refractivity contribution >= 4 is 5.91 Å². The smallest absolute Gasteiger partial charge is 0.237 e. The first-order chi connectivity index (χ1) is 6.75. The van der Waals surface area contributed by atoms with Crippen molar-refractivity contribution in [3.8, 4) is 0 Å². The molecule has 1 amide bonds. The van der Waals surface area contributed by atoms with Crippen LogP contribution in [0.5, 0.6) is 0 Å². The standard InChI is InChI=1S/C10H18N2O2/c13-8-5-9(11-6-8)10(14)12-7-3-1-2-4-7/h7-9,11,13H,1-6H2,(H,12,14). The molecule has 14 heavy (non-hydrogen) atoms. The number of β-amino-alcohol motifs (C(OH)–C–C–N with tert-alkyl or cyclic N) is 1. The van der Waals surface area contributed by atoms with E-state index in [1.807, 2.05) is 0 Å². The zero-order valence-corrected chi connectivity index (χ0v) is 8.33. The van der Waals surface area contributed by atoms with Crippen molar-refractivity contribution in [2.75, 3.05) is 6.54 Å². The van der Waals surface area contributed by atoms with E-state index < -0.39 is 0 Å². The highest BCUT2D eigenvalue weighted by molar-refractivity contribution is 5.82. The van der Waals surface area contributed by atoms with Crippen LogP contribution in [0, 0.1) is 0 Å². The van der Waals surface area contributed by atoms with E-state index in [-0.39, 0.29) is 18.1 Å². The van der Waals surface area contributed by atoms with E-state index in [4.69, 9.17) is 0 Å². The SMILES string of the molecule is O=C(NC1CCCC1)C1CC(O)CN1. The van der Waals surface area contributed by atoms with Gasteiger partial charge < -0.3 is 15.7 Å². The minimum Gasteiger partial charge on any atom is -0.392 e. The fraction of sp³-hybridized carbons (Fsp3) is 0.900. The van der Waals surface area contributed by atoms with Crippen LogP contribution < -0.4 is 10.6 Å². The molecule has 80 valence electrons. The van der Waals surface area contributed by atoms with Crippen LogP contribution in [0.1, 0.15) is 32.1 Å². The van der Waals surface area contributed by atoms with Crippen LogP contribution in [0.25, 0.3) is 0 Å². The minimum absolute atomic E-state index is 0.0634. The van der Waals surface area contributed by atoms with E-state index in [1.54, 1.807) is 0 Å². The number of aliphatic hydroxyl groups is 1. The van der Waals surface area contributed by atoms with Crippen LogP contribution in [0.2, 0.25) is 0 Å². The van der Waals surface area contributed by atoms with Gasteiger partial charge in [0.1, 0.15) is 0 Å². The van der Waals surface area contributed by atoms with Gasteiger partial charge in [0.25, 0.3) is 0 Å².